The lowest BCUT2D eigenvalue weighted by Crippen LogP contribution is -2.30. The second kappa shape index (κ2) is 8.17. The molecule has 0 bridgehead atoms. The Kier molecular flexibility index (Phi) is 6.23. The van der Waals surface area contributed by atoms with Gasteiger partial charge in [0.2, 0.25) is 0 Å². The van der Waals surface area contributed by atoms with Gasteiger partial charge in [0.05, 0.1) is 17.2 Å². The zero-order valence-corrected chi connectivity index (χ0v) is 15.0. The first-order chi connectivity index (χ1) is 11.5. The molecule has 0 saturated heterocycles. The molecule has 0 saturated carbocycles. The SMILES string of the molecule is CCN(c1cccc(C)c1)S(=O)(=O)c1ccc(OCCOC)cc1. The van der Waals surface area contributed by atoms with Gasteiger partial charge in [0.1, 0.15) is 12.4 Å². The summed E-state index contributed by atoms with van der Waals surface area (Å²) in [5.41, 5.74) is 1.68. The standard InChI is InChI=1S/C18H23NO4S/c1-4-19(16-7-5-6-15(2)14-16)24(20,21)18-10-8-17(9-11-18)23-13-12-22-3/h5-11,14H,4,12-13H2,1-3H3. The van der Waals surface area contributed by atoms with Crippen LogP contribution in [-0.4, -0.2) is 35.3 Å². The maximum Gasteiger partial charge on any atom is 0.264 e. The molecule has 0 aliphatic carbocycles. The summed E-state index contributed by atoms with van der Waals surface area (Å²) < 4.78 is 37.6. The average molecular weight is 349 g/mol. The van der Waals surface area contributed by atoms with Crippen LogP contribution in [0.2, 0.25) is 0 Å². The molecule has 24 heavy (non-hydrogen) atoms. The van der Waals surface area contributed by atoms with Crippen molar-refractivity contribution in [1.29, 1.82) is 0 Å². The monoisotopic (exact) mass is 349 g/mol. The summed E-state index contributed by atoms with van der Waals surface area (Å²) in [5, 5.41) is 0. The van der Waals surface area contributed by atoms with Gasteiger partial charge in [-0.1, -0.05) is 12.1 Å². The number of hydrogen-bond donors (Lipinski definition) is 0. The fraction of sp³-hybridized carbons (Fsp3) is 0.333. The Labute approximate surface area is 143 Å². The zero-order chi connectivity index (χ0) is 17.6. The molecule has 0 N–H and O–H groups in total. The zero-order valence-electron chi connectivity index (χ0n) is 14.2. The quantitative estimate of drug-likeness (QED) is 0.687. The first-order valence-corrected chi connectivity index (χ1v) is 9.24. The Bertz CT molecular complexity index is 757. The highest BCUT2D eigenvalue weighted by molar-refractivity contribution is 7.92. The number of nitrogens with zero attached hydrogens (tertiary/aromatic N) is 1. The van der Waals surface area contributed by atoms with E-state index in [2.05, 4.69) is 0 Å². The van der Waals surface area contributed by atoms with Gasteiger partial charge in [-0.3, -0.25) is 4.31 Å². The number of benzene rings is 2. The lowest BCUT2D eigenvalue weighted by atomic mass is 10.2. The molecule has 0 aliphatic heterocycles. The van der Waals surface area contributed by atoms with Crippen LogP contribution >= 0.6 is 0 Å². The lowest BCUT2D eigenvalue weighted by Gasteiger charge is -2.23. The number of methoxy groups -OCH3 is 1. The van der Waals surface area contributed by atoms with Crippen molar-refractivity contribution in [2.45, 2.75) is 18.7 Å². The summed E-state index contributed by atoms with van der Waals surface area (Å²) in [7, 11) is -2.01. The molecular formula is C18H23NO4S. The predicted molar refractivity (Wildman–Crippen MR) is 95.2 cm³/mol. The normalized spacial score (nSPS) is 11.3. The fourth-order valence-electron chi connectivity index (χ4n) is 2.35. The Morgan fingerprint density at radius 3 is 2.33 bits per heavy atom. The summed E-state index contributed by atoms with van der Waals surface area (Å²) in [6.07, 6.45) is 0. The van der Waals surface area contributed by atoms with Crippen molar-refractivity contribution in [2.24, 2.45) is 0 Å². The van der Waals surface area contributed by atoms with E-state index in [9.17, 15) is 8.42 Å². The topological polar surface area (TPSA) is 55.8 Å². The number of ether oxygens (including phenoxy) is 2. The molecule has 6 heteroatoms. The van der Waals surface area contributed by atoms with Gasteiger partial charge in [0.25, 0.3) is 10.0 Å². The molecule has 0 spiro atoms. The van der Waals surface area contributed by atoms with Crippen molar-refractivity contribution in [1.82, 2.24) is 0 Å². The van der Waals surface area contributed by atoms with Crippen molar-refractivity contribution >= 4 is 15.7 Å². The van der Waals surface area contributed by atoms with Gasteiger partial charge in [0.15, 0.2) is 0 Å². The highest BCUT2D eigenvalue weighted by atomic mass is 32.2. The number of hydrogen-bond acceptors (Lipinski definition) is 4. The molecule has 0 aromatic heterocycles. The largest absolute Gasteiger partial charge is 0.491 e. The van der Waals surface area contributed by atoms with Gasteiger partial charge < -0.3 is 9.47 Å². The predicted octanol–water partition coefficient (Wildman–Crippen LogP) is 3.24. The smallest absolute Gasteiger partial charge is 0.264 e. The summed E-state index contributed by atoms with van der Waals surface area (Å²) in [4.78, 5) is 0.241. The van der Waals surface area contributed by atoms with Gasteiger partial charge in [-0.15, -0.1) is 0 Å². The molecular weight excluding hydrogens is 326 g/mol. The van der Waals surface area contributed by atoms with E-state index in [4.69, 9.17) is 9.47 Å². The molecule has 0 fully saturated rings. The van der Waals surface area contributed by atoms with E-state index < -0.39 is 10.0 Å². The summed E-state index contributed by atoms with van der Waals surface area (Å²) in [6.45, 7) is 5.03. The molecule has 0 heterocycles. The van der Waals surface area contributed by atoms with Crippen LogP contribution in [0.4, 0.5) is 5.69 Å². The van der Waals surface area contributed by atoms with Crippen LogP contribution < -0.4 is 9.04 Å². The van der Waals surface area contributed by atoms with Crippen molar-refractivity contribution in [3.63, 3.8) is 0 Å². The summed E-state index contributed by atoms with van der Waals surface area (Å²) in [5.74, 6) is 0.615. The summed E-state index contributed by atoms with van der Waals surface area (Å²) in [6, 6.07) is 13.9. The highest BCUT2D eigenvalue weighted by Crippen LogP contribution is 2.25. The van der Waals surface area contributed by atoms with Crippen LogP contribution in [0.15, 0.2) is 53.4 Å². The Morgan fingerprint density at radius 1 is 1.04 bits per heavy atom. The van der Waals surface area contributed by atoms with E-state index in [1.54, 1.807) is 37.4 Å². The molecule has 0 atom stereocenters. The minimum atomic E-state index is -3.61. The molecule has 0 aliphatic rings. The maximum absolute atomic E-state index is 12.9. The Morgan fingerprint density at radius 2 is 1.75 bits per heavy atom. The minimum absolute atomic E-state index is 0.241. The number of sulfonamides is 1. The maximum atomic E-state index is 12.9. The third kappa shape index (κ3) is 4.27. The first kappa shape index (κ1) is 18.3. The lowest BCUT2D eigenvalue weighted by molar-refractivity contribution is 0.146. The van der Waals surface area contributed by atoms with Crippen LogP contribution in [0, 0.1) is 6.92 Å². The second-order valence-corrected chi connectivity index (χ2v) is 7.18. The van der Waals surface area contributed by atoms with E-state index in [1.165, 1.54) is 4.31 Å². The third-order valence-electron chi connectivity index (χ3n) is 3.54. The van der Waals surface area contributed by atoms with Gasteiger partial charge in [-0.25, -0.2) is 8.42 Å². The van der Waals surface area contributed by atoms with Crippen LogP contribution in [-0.2, 0) is 14.8 Å². The van der Waals surface area contributed by atoms with Crippen molar-refractivity contribution in [3.8, 4) is 5.75 Å². The van der Waals surface area contributed by atoms with Crippen LogP contribution in [0.5, 0.6) is 5.75 Å². The molecule has 0 unspecified atom stereocenters. The third-order valence-corrected chi connectivity index (χ3v) is 5.46. The van der Waals surface area contributed by atoms with Gasteiger partial charge >= 0.3 is 0 Å². The average Bonchev–Trinajstić information content (AvgIpc) is 2.56. The molecule has 5 nitrogen and oxygen atoms in total. The number of anilines is 1. The van der Waals surface area contributed by atoms with Crippen LogP contribution in [0.3, 0.4) is 0 Å². The molecule has 0 amide bonds. The van der Waals surface area contributed by atoms with E-state index in [1.807, 2.05) is 32.0 Å². The van der Waals surface area contributed by atoms with E-state index in [-0.39, 0.29) is 4.90 Å². The number of aryl methyl sites for hydroxylation is 1. The minimum Gasteiger partial charge on any atom is -0.491 e. The van der Waals surface area contributed by atoms with Crippen molar-refractivity contribution < 1.29 is 17.9 Å². The number of rotatable bonds is 8. The van der Waals surface area contributed by atoms with Crippen molar-refractivity contribution in [3.05, 3.63) is 54.1 Å². The van der Waals surface area contributed by atoms with Crippen molar-refractivity contribution in [2.75, 3.05) is 31.2 Å². The van der Waals surface area contributed by atoms with Gasteiger partial charge in [0, 0.05) is 13.7 Å². The van der Waals surface area contributed by atoms with E-state index in [0.29, 0.717) is 31.2 Å². The molecule has 2 aromatic carbocycles. The first-order valence-electron chi connectivity index (χ1n) is 7.80. The van der Waals surface area contributed by atoms with Gasteiger partial charge in [-0.2, -0.15) is 0 Å². The molecule has 130 valence electrons. The van der Waals surface area contributed by atoms with E-state index >= 15 is 0 Å². The summed E-state index contributed by atoms with van der Waals surface area (Å²) >= 11 is 0. The van der Waals surface area contributed by atoms with Crippen LogP contribution in [0.25, 0.3) is 0 Å². The molecule has 0 radical (unpaired) electrons. The van der Waals surface area contributed by atoms with Gasteiger partial charge in [-0.05, 0) is 55.8 Å². The second-order valence-electron chi connectivity index (χ2n) is 5.32. The van der Waals surface area contributed by atoms with Crippen LogP contribution in [0.1, 0.15) is 12.5 Å². The Balaban J connectivity index is 2.24. The molecule has 2 rings (SSSR count). The molecule has 2 aromatic rings. The van der Waals surface area contributed by atoms with E-state index in [0.717, 1.165) is 5.56 Å². The Hall–Kier alpha value is -2.05. The highest BCUT2D eigenvalue weighted by Gasteiger charge is 2.23. The fourth-order valence-corrected chi connectivity index (χ4v) is 3.82.